The SMILES string of the molecule is CC(c1nnc2n1CCC(CN)C2)n1cccn1. The molecule has 0 aromatic carbocycles. The van der Waals surface area contributed by atoms with Gasteiger partial charge >= 0.3 is 0 Å². The van der Waals surface area contributed by atoms with Gasteiger partial charge in [0, 0.05) is 25.4 Å². The van der Waals surface area contributed by atoms with Gasteiger partial charge in [0.05, 0.1) is 0 Å². The highest BCUT2D eigenvalue weighted by molar-refractivity contribution is 5.05. The van der Waals surface area contributed by atoms with Gasteiger partial charge in [-0.1, -0.05) is 0 Å². The van der Waals surface area contributed by atoms with Crippen molar-refractivity contribution in [3.05, 3.63) is 30.1 Å². The van der Waals surface area contributed by atoms with Gasteiger partial charge in [0.1, 0.15) is 11.9 Å². The number of rotatable bonds is 3. The molecule has 2 N–H and O–H groups in total. The molecule has 0 spiro atoms. The molecule has 0 saturated carbocycles. The van der Waals surface area contributed by atoms with E-state index in [1.165, 1.54) is 0 Å². The lowest BCUT2D eigenvalue weighted by molar-refractivity contribution is 0.374. The van der Waals surface area contributed by atoms with Gasteiger partial charge in [0.25, 0.3) is 0 Å². The molecule has 0 amide bonds. The van der Waals surface area contributed by atoms with Crippen LogP contribution in [0.4, 0.5) is 0 Å². The molecule has 6 nitrogen and oxygen atoms in total. The maximum absolute atomic E-state index is 5.73. The molecule has 2 aromatic rings. The maximum Gasteiger partial charge on any atom is 0.157 e. The average molecular weight is 246 g/mol. The Morgan fingerprint density at radius 1 is 1.50 bits per heavy atom. The van der Waals surface area contributed by atoms with Crippen LogP contribution in [0.15, 0.2) is 18.5 Å². The second-order valence-corrected chi connectivity index (χ2v) is 4.88. The summed E-state index contributed by atoms with van der Waals surface area (Å²) in [5.41, 5.74) is 5.73. The predicted octanol–water partition coefficient (Wildman–Crippen LogP) is 0.605. The van der Waals surface area contributed by atoms with E-state index in [9.17, 15) is 0 Å². The normalized spacial score (nSPS) is 20.7. The van der Waals surface area contributed by atoms with Gasteiger partial charge in [-0.15, -0.1) is 10.2 Å². The number of hydrogen-bond acceptors (Lipinski definition) is 4. The van der Waals surface area contributed by atoms with E-state index in [2.05, 4.69) is 26.8 Å². The van der Waals surface area contributed by atoms with Crippen molar-refractivity contribution in [3.8, 4) is 0 Å². The lowest BCUT2D eigenvalue weighted by atomic mass is 9.98. The molecule has 1 aliphatic rings. The Kier molecular flexibility index (Phi) is 2.87. The lowest BCUT2D eigenvalue weighted by Gasteiger charge is -2.23. The Balaban J connectivity index is 1.89. The Labute approximate surface area is 106 Å². The molecule has 1 aliphatic heterocycles. The van der Waals surface area contributed by atoms with Crippen LogP contribution in [-0.4, -0.2) is 31.1 Å². The minimum atomic E-state index is 0.121. The van der Waals surface area contributed by atoms with Gasteiger partial charge in [0.2, 0.25) is 0 Å². The van der Waals surface area contributed by atoms with Crippen molar-refractivity contribution in [2.24, 2.45) is 11.7 Å². The first-order valence-electron chi connectivity index (χ1n) is 6.40. The van der Waals surface area contributed by atoms with Crippen LogP contribution >= 0.6 is 0 Å². The summed E-state index contributed by atoms with van der Waals surface area (Å²) < 4.78 is 4.13. The van der Waals surface area contributed by atoms with E-state index in [0.717, 1.165) is 37.6 Å². The lowest BCUT2D eigenvalue weighted by Crippen LogP contribution is -2.27. The fourth-order valence-electron chi connectivity index (χ4n) is 2.55. The first-order valence-corrected chi connectivity index (χ1v) is 6.40. The molecule has 18 heavy (non-hydrogen) atoms. The monoisotopic (exact) mass is 246 g/mol. The van der Waals surface area contributed by atoms with Gasteiger partial charge in [0.15, 0.2) is 5.82 Å². The van der Waals surface area contributed by atoms with Crippen molar-refractivity contribution in [2.75, 3.05) is 6.54 Å². The number of fused-ring (bicyclic) bond motifs is 1. The quantitative estimate of drug-likeness (QED) is 0.860. The van der Waals surface area contributed by atoms with Crippen molar-refractivity contribution < 1.29 is 0 Å². The molecular formula is C12H18N6. The minimum absolute atomic E-state index is 0.121. The minimum Gasteiger partial charge on any atom is -0.330 e. The number of aromatic nitrogens is 5. The molecule has 0 aliphatic carbocycles. The van der Waals surface area contributed by atoms with Gasteiger partial charge in [-0.05, 0) is 31.9 Å². The summed E-state index contributed by atoms with van der Waals surface area (Å²) in [7, 11) is 0. The van der Waals surface area contributed by atoms with E-state index >= 15 is 0 Å². The Morgan fingerprint density at radius 3 is 3.11 bits per heavy atom. The smallest absolute Gasteiger partial charge is 0.157 e. The second kappa shape index (κ2) is 4.53. The van der Waals surface area contributed by atoms with Crippen LogP contribution < -0.4 is 5.73 Å². The molecule has 6 heteroatoms. The van der Waals surface area contributed by atoms with Crippen LogP contribution in [0, 0.1) is 5.92 Å². The maximum atomic E-state index is 5.73. The Hall–Kier alpha value is -1.69. The third-order valence-corrected chi connectivity index (χ3v) is 3.72. The van der Waals surface area contributed by atoms with Crippen LogP contribution in [0.3, 0.4) is 0 Å². The fourth-order valence-corrected chi connectivity index (χ4v) is 2.55. The highest BCUT2D eigenvalue weighted by Gasteiger charge is 2.25. The fraction of sp³-hybridized carbons (Fsp3) is 0.583. The topological polar surface area (TPSA) is 74.6 Å². The van der Waals surface area contributed by atoms with Crippen LogP contribution in [0.1, 0.15) is 31.0 Å². The molecule has 2 unspecified atom stereocenters. The molecule has 3 rings (SSSR count). The molecule has 3 heterocycles. The summed E-state index contributed by atoms with van der Waals surface area (Å²) in [5.74, 6) is 2.60. The molecule has 2 aromatic heterocycles. The first kappa shape index (κ1) is 11.4. The Bertz CT molecular complexity index is 515. The highest BCUT2D eigenvalue weighted by Crippen LogP contribution is 2.23. The van der Waals surface area contributed by atoms with E-state index in [1.807, 2.05) is 16.9 Å². The molecule has 96 valence electrons. The number of nitrogens with two attached hydrogens (primary N) is 1. The first-order chi connectivity index (χ1) is 8.79. The van der Waals surface area contributed by atoms with Crippen LogP contribution in [0.25, 0.3) is 0 Å². The summed E-state index contributed by atoms with van der Waals surface area (Å²) in [4.78, 5) is 0. The molecule has 0 saturated heterocycles. The third-order valence-electron chi connectivity index (χ3n) is 3.72. The summed E-state index contributed by atoms with van der Waals surface area (Å²) in [6.45, 7) is 3.79. The van der Waals surface area contributed by atoms with Gasteiger partial charge in [-0.25, -0.2) is 0 Å². The summed E-state index contributed by atoms with van der Waals surface area (Å²) in [6.07, 6.45) is 5.79. The largest absolute Gasteiger partial charge is 0.330 e. The summed E-state index contributed by atoms with van der Waals surface area (Å²) in [5, 5.41) is 12.9. The summed E-state index contributed by atoms with van der Waals surface area (Å²) >= 11 is 0. The standard InChI is InChI=1S/C12H18N6/c1-9(18-5-2-4-14-18)12-16-15-11-7-10(8-13)3-6-17(11)12/h2,4-5,9-10H,3,6-8,13H2,1H3. The van der Waals surface area contributed by atoms with E-state index in [1.54, 1.807) is 6.20 Å². The van der Waals surface area contributed by atoms with E-state index in [-0.39, 0.29) is 6.04 Å². The summed E-state index contributed by atoms with van der Waals surface area (Å²) in [6, 6.07) is 2.05. The number of hydrogen-bond donors (Lipinski definition) is 1. The number of nitrogens with zero attached hydrogens (tertiary/aromatic N) is 5. The van der Waals surface area contributed by atoms with Crippen molar-refractivity contribution >= 4 is 0 Å². The van der Waals surface area contributed by atoms with Gasteiger partial charge in [-0.3, -0.25) is 4.68 Å². The zero-order valence-electron chi connectivity index (χ0n) is 10.5. The Morgan fingerprint density at radius 2 is 2.39 bits per heavy atom. The van der Waals surface area contributed by atoms with E-state index in [4.69, 9.17) is 5.73 Å². The molecular weight excluding hydrogens is 228 g/mol. The van der Waals surface area contributed by atoms with Gasteiger partial charge < -0.3 is 10.3 Å². The van der Waals surface area contributed by atoms with Crippen LogP contribution in [-0.2, 0) is 13.0 Å². The van der Waals surface area contributed by atoms with E-state index < -0.39 is 0 Å². The van der Waals surface area contributed by atoms with Crippen LogP contribution in [0.5, 0.6) is 0 Å². The zero-order valence-corrected chi connectivity index (χ0v) is 10.5. The molecule has 2 atom stereocenters. The predicted molar refractivity (Wildman–Crippen MR) is 66.9 cm³/mol. The van der Waals surface area contributed by atoms with Crippen molar-refractivity contribution in [1.29, 1.82) is 0 Å². The van der Waals surface area contributed by atoms with Gasteiger partial charge in [-0.2, -0.15) is 5.10 Å². The van der Waals surface area contributed by atoms with Crippen molar-refractivity contribution in [2.45, 2.75) is 32.4 Å². The molecule has 0 bridgehead atoms. The van der Waals surface area contributed by atoms with Crippen molar-refractivity contribution in [3.63, 3.8) is 0 Å². The average Bonchev–Trinajstić information content (AvgIpc) is 3.06. The third kappa shape index (κ3) is 1.82. The highest BCUT2D eigenvalue weighted by atomic mass is 15.3. The molecule has 0 radical (unpaired) electrons. The zero-order chi connectivity index (χ0) is 12.5. The molecule has 0 fully saturated rings. The van der Waals surface area contributed by atoms with Crippen molar-refractivity contribution in [1.82, 2.24) is 24.5 Å². The van der Waals surface area contributed by atoms with Crippen LogP contribution in [0.2, 0.25) is 0 Å². The van der Waals surface area contributed by atoms with E-state index in [0.29, 0.717) is 5.92 Å². The second-order valence-electron chi connectivity index (χ2n) is 4.88.